The zero-order chi connectivity index (χ0) is 14.0. The maximum absolute atomic E-state index is 9.15. The third-order valence-corrected chi connectivity index (χ3v) is 4.17. The third-order valence-electron chi connectivity index (χ3n) is 4.17. The predicted octanol–water partition coefficient (Wildman–Crippen LogP) is 3.83. The van der Waals surface area contributed by atoms with Crippen LogP contribution in [0.1, 0.15) is 48.5 Å². The molecule has 0 aliphatic rings. The molecule has 0 heterocycles. The standard InChI is InChI=1S/C13H28O2.C2H6/c1-9(7-14)11(3)13(5)12(4)10(2)8-15-6;1-2/h9-14H,7-8H2,1-6H3;1-2H3. The van der Waals surface area contributed by atoms with Gasteiger partial charge < -0.3 is 9.84 Å². The molecular formula is C15H34O2. The SMILES string of the molecule is CC.COCC(C)C(C)C(C)C(C)C(C)CO. The molecule has 2 nitrogen and oxygen atoms in total. The van der Waals surface area contributed by atoms with Crippen molar-refractivity contribution in [1.29, 1.82) is 0 Å². The molecule has 0 aromatic carbocycles. The molecule has 0 aliphatic carbocycles. The van der Waals surface area contributed by atoms with Crippen LogP contribution in [0.25, 0.3) is 0 Å². The molecule has 0 bridgehead atoms. The second-order valence-electron chi connectivity index (χ2n) is 5.17. The van der Waals surface area contributed by atoms with Gasteiger partial charge in [-0.3, -0.25) is 0 Å². The van der Waals surface area contributed by atoms with E-state index in [1.807, 2.05) is 13.8 Å². The summed E-state index contributed by atoms with van der Waals surface area (Å²) in [5.74, 6) is 2.78. The van der Waals surface area contributed by atoms with Crippen LogP contribution >= 0.6 is 0 Å². The summed E-state index contributed by atoms with van der Waals surface area (Å²) in [4.78, 5) is 0. The number of aliphatic hydroxyl groups excluding tert-OH is 1. The van der Waals surface area contributed by atoms with Crippen molar-refractivity contribution in [3.63, 3.8) is 0 Å². The van der Waals surface area contributed by atoms with Gasteiger partial charge in [-0.2, -0.15) is 0 Å². The number of methoxy groups -OCH3 is 1. The zero-order valence-electron chi connectivity index (χ0n) is 13.2. The molecule has 0 rings (SSSR count). The van der Waals surface area contributed by atoms with E-state index in [0.717, 1.165) is 6.61 Å². The first-order valence-corrected chi connectivity index (χ1v) is 7.05. The summed E-state index contributed by atoms with van der Waals surface area (Å²) >= 11 is 0. The Kier molecular flexibility index (Phi) is 12.5. The average Bonchev–Trinajstić information content (AvgIpc) is 2.37. The van der Waals surface area contributed by atoms with Gasteiger partial charge in [0.15, 0.2) is 0 Å². The maximum atomic E-state index is 9.15. The Balaban J connectivity index is 0. The summed E-state index contributed by atoms with van der Waals surface area (Å²) in [7, 11) is 1.76. The van der Waals surface area contributed by atoms with E-state index in [1.54, 1.807) is 7.11 Å². The number of hydrogen-bond donors (Lipinski definition) is 1. The van der Waals surface area contributed by atoms with Gasteiger partial charge in [0.05, 0.1) is 0 Å². The van der Waals surface area contributed by atoms with E-state index >= 15 is 0 Å². The van der Waals surface area contributed by atoms with Crippen LogP contribution in [0.4, 0.5) is 0 Å². The molecular weight excluding hydrogens is 212 g/mol. The Morgan fingerprint density at radius 1 is 0.824 bits per heavy atom. The van der Waals surface area contributed by atoms with E-state index in [0.29, 0.717) is 29.6 Å². The number of rotatable bonds is 7. The molecule has 5 unspecified atom stereocenters. The lowest BCUT2D eigenvalue weighted by Crippen LogP contribution is -2.29. The van der Waals surface area contributed by atoms with Gasteiger partial charge in [-0.25, -0.2) is 0 Å². The lowest BCUT2D eigenvalue weighted by atomic mass is 9.74. The molecule has 2 heteroatoms. The van der Waals surface area contributed by atoms with Gasteiger partial charge in [-0.1, -0.05) is 48.5 Å². The highest BCUT2D eigenvalue weighted by Gasteiger charge is 2.26. The highest BCUT2D eigenvalue weighted by molar-refractivity contribution is 4.75. The van der Waals surface area contributed by atoms with Crippen molar-refractivity contribution >= 4 is 0 Å². The van der Waals surface area contributed by atoms with Gasteiger partial charge in [0.25, 0.3) is 0 Å². The molecule has 0 aliphatic heterocycles. The van der Waals surface area contributed by atoms with Gasteiger partial charge in [-0.15, -0.1) is 0 Å². The maximum Gasteiger partial charge on any atom is 0.0490 e. The van der Waals surface area contributed by atoms with Crippen LogP contribution in [-0.4, -0.2) is 25.4 Å². The summed E-state index contributed by atoms with van der Waals surface area (Å²) in [6.45, 7) is 16.3. The fourth-order valence-corrected chi connectivity index (χ4v) is 2.10. The highest BCUT2D eigenvalue weighted by Crippen LogP contribution is 2.31. The van der Waals surface area contributed by atoms with Crippen LogP contribution in [0.5, 0.6) is 0 Å². The van der Waals surface area contributed by atoms with Gasteiger partial charge >= 0.3 is 0 Å². The molecule has 5 atom stereocenters. The fourth-order valence-electron chi connectivity index (χ4n) is 2.10. The minimum absolute atomic E-state index is 0.289. The lowest BCUT2D eigenvalue weighted by Gasteiger charge is -2.33. The number of aliphatic hydroxyl groups is 1. The second-order valence-corrected chi connectivity index (χ2v) is 5.17. The largest absolute Gasteiger partial charge is 0.396 e. The van der Waals surface area contributed by atoms with Gasteiger partial charge in [-0.05, 0) is 29.6 Å². The fraction of sp³-hybridized carbons (Fsp3) is 1.00. The molecule has 0 amide bonds. The van der Waals surface area contributed by atoms with Crippen LogP contribution in [0.3, 0.4) is 0 Å². The van der Waals surface area contributed by atoms with Crippen molar-refractivity contribution in [3.8, 4) is 0 Å². The summed E-state index contributed by atoms with van der Waals surface area (Å²) in [5, 5.41) is 9.15. The Morgan fingerprint density at radius 2 is 1.24 bits per heavy atom. The van der Waals surface area contributed by atoms with E-state index in [-0.39, 0.29) is 6.61 Å². The molecule has 17 heavy (non-hydrogen) atoms. The van der Waals surface area contributed by atoms with Gasteiger partial charge in [0.2, 0.25) is 0 Å². The molecule has 0 aromatic heterocycles. The van der Waals surface area contributed by atoms with E-state index in [4.69, 9.17) is 9.84 Å². The van der Waals surface area contributed by atoms with Crippen LogP contribution in [0.2, 0.25) is 0 Å². The smallest absolute Gasteiger partial charge is 0.0490 e. The van der Waals surface area contributed by atoms with Crippen LogP contribution in [0, 0.1) is 29.6 Å². The van der Waals surface area contributed by atoms with Crippen molar-refractivity contribution in [3.05, 3.63) is 0 Å². The summed E-state index contributed by atoms with van der Waals surface area (Å²) in [5.41, 5.74) is 0. The predicted molar refractivity (Wildman–Crippen MR) is 76.1 cm³/mol. The van der Waals surface area contributed by atoms with Crippen molar-refractivity contribution in [1.82, 2.24) is 0 Å². The summed E-state index contributed by atoms with van der Waals surface area (Å²) in [6, 6.07) is 0. The minimum atomic E-state index is 0.289. The van der Waals surface area contributed by atoms with Crippen molar-refractivity contribution in [2.24, 2.45) is 29.6 Å². The molecule has 0 fully saturated rings. The van der Waals surface area contributed by atoms with Crippen molar-refractivity contribution in [2.45, 2.75) is 48.5 Å². The zero-order valence-corrected chi connectivity index (χ0v) is 13.2. The first-order valence-electron chi connectivity index (χ1n) is 7.05. The Morgan fingerprint density at radius 3 is 1.59 bits per heavy atom. The Hall–Kier alpha value is -0.0800. The van der Waals surface area contributed by atoms with Crippen molar-refractivity contribution < 1.29 is 9.84 Å². The molecule has 0 aromatic rings. The molecule has 0 saturated carbocycles. The topological polar surface area (TPSA) is 29.5 Å². The van der Waals surface area contributed by atoms with Gasteiger partial charge in [0, 0.05) is 20.3 Å². The second kappa shape index (κ2) is 11.0. The Labute approximate surface area is 109 Å². The van der Waals surface area contributed by atoms with Crippen LogP contribution in [0.15, 0.2) is 0 Å². The molecule has 106 valence electrons. The molecule has 0 saturated heterocycles. The Bertz CT molecular complexity index is 159. The summed E-state index contributed by atoms with van der Waals surface area (Å²) in [6.07, 6.45) is 0. The van der Waals surface area contributed by atoms with Crippen molar-refractivity contribution in [2.75, 3.05) is 20.3 Å². The monoisotopic (exact) mass is 246 g/mol. The highest BCUT2D eigenvalue weighted by atomic mass is 16.5. The van der Waals surface area contributed by atoms with E-state index < -0.39 is 0 Å². The summed E-state index contributed by atoms with van der Waals surface area (Å²) < 4.78 is 5.19. The van der Waals surface area contributed by atoms with E-state index in [9.17, 15) is 0 Å². The first kappa shape index (κ1) is 19.3. The van der Waals surface area contributed by atoms with E-state index in [1.165, 1.54) is 0 Å². The number of hydrogen-bond acceptors (Lipinski definition) is 2. The molecule has 0 spiro atoms. The van der Waals surface area contributed by atoms with Gasteiger partial charge in [0.1, 0.15) is 0 Å². The normalized spacial score (nSPS) is 19.6. The van der Waals surface area contributed by atoms with Crippen LogP contribution in [-0.2, 0) is 4.74 Å². The first-order chi connectivity index (χ1) is 7.95. The van der Waals surface area contributed by atoms with E-state index in [2.05, 4.69) is 34.6 Å². The minimum Gasteiger partial charge on any atom is -0.396 e. The molecule has 0 radical (unpaired) electrons. The molecule has 1 N–H and O–H groups in total. The third kappa shape index (κ3) is 7.05. The quantitative estimate of drug-likeness (QED) is 0.739. The number of ether oxygens (including phenoxy) is 1. The average molecular weight is 246 g/mol. The lowest BCUT2D eigenvalue weighted by molar-refractivity contribution is 0.0799. The van der Waals surface area contributed by atoms with Crippen LogP contribution < -0.4 is 0 Å².